The maximum Gasteiger partial charge on any atom is 0.255 e. The Balaban J connectivity index is 1.64. The van der Waals surface area contributed by atoms with Crippen LogP contribution in [0.25, 0.3) is 0 Å². The quantitative estimate of drug-likeness (QED) is 0.446. The highest BCUT2D eigenvalue weighted by molar-refractivity contribution is 5.97. The van der Waals surface area contributed by atoms with Crippen LogP contribution in [0.5, 0.6) is 11.5 Å². The third-order valence-electron chi connectivity index (χ3n) is 4.64. The maximum absolute atomic E-state index is 13.2. The first-order chi connectivity index (χ1) is 14.3. The molecule has 0 aliphatic carbocycles. The third-order valence-corrected chi connectivity index (χ3v) is 4.64. The summed E-state index contributed by atoms with van der Waals surface area (Å²) in [5, 5.41) is 3.17. The van der Waals surface area contributed by atoms with E-state index in [0.29, 0.717) is 17.1 Å². The van der Waals surface area contributed by atoms with Crippen LogP contribution in [-0.2, 0) is 0 Å². The second-order valence-corrected chi connectivity index (χ2v) is 6.64. The Bertz CT molecular complexity index is 1020. The van der Waals surface area contributed by atoms with Gasteiger partial charge in [0.15, 0.2) is 0 Å². The minimum atomic E-state index is -0.255. The number of rotatable bonds is 6. The summed E-state index contributed by atoms with van der Waals surface area (Å²) in [6, 6.07) is 36.4. The first-order valence-electron chi connectivity index (χ1n) is 9.54. The second-order valence-electron chi connectivity index (χ2n) is 6.64. The highest BCUT2D eigenvalue weighted by Crippen LogP contribution is 2.27. The number of amides is 1. The lowest BCUT2D eigenvalue weighted by Crippen LogP contribution is -2.29. The van der Waals surface area contributed by atoms with Gasteiger partial charge in [0.1, 0.15) is 11.5 Å². The van der Waals surface area contributed by atoms with Gasteiger partial charge in [-0.1, -0.05) is 91.0 Å². The zero-order chi connectivity index (χ0) is 19.9. The fraction of sp³-hybridized carbons (Fsp3) is 0.0385. The van der Waals surface area contributed by atoms with Crippen molar-refractivity contribution in [3.05, 3.63) is 132 Å². The molecule has 0 heterocycles. The molecule has 4 rings (SSSR count). The SMILES string of the molecule is O=C(NC(c1ccccc1)c1ccccc1)c1ccccc1Oc1ccccc1. The number of para-hydroxylation sites is 2. The molecule has 0 fully saturated rings. The Kier molecular flexibility index (Phi) is 5.68. The minimum absolute atomic E-state index is 0.186. The van der Waals surface area contributed by atoms with Gasteiger partial charge in [-0.25, -0.2) is 0 Å². The van der Waals surface area contributed by atoms with E-state index in [4.69, 9.17) is 4.74 Å². The highest BCUT2D eigenvalue weighted by atomic mass is 16.5. The monoisotopic (exact) mass is 379 g/mol. The van der Waals surface area contributed by atoms with E-state index < -0.39 is 0 Å². The van der Waals surface area contributed by atoms with Crippen molar-refractivity contribution < 1.29 is 9.53 Å². The van der Waals surface area contributed by atoms with Crippen molar-refractivity contribution in [1.29, 1.82) is 0 Å². The van der Waals surface area contributed by atoms with Crippen molar-refractivity contribution >= 4 is 5.91 Å². The fourth-order valence-corrected chi connectivity index (χ4v) is 3.22. The lowest BCUT2D eigenvalue weighted by Gasteiger charge is -2.21. The van der Waals surface area contributed by atoms with Crippen molar-refractivity contribution in [2.24, 2.45) is 0 Å². The van der Waals surface area contributed by atoms with Crippen LogP contribution in [0.2, 0.25) is 0 Å². The topological polar surface area (TPSA) is 38.3 Å². The molecule has 0 aliphatic rings. The largest absolute Gasteiger partial charge is 0.457 e. The van der Waals surface area contributed by atoms with Gasteiger partial charge in [0.05, 0.1) is 11.6 Å². The van der Waals surface area contributed by atoms with E-state index in [1.54, 1.807) is 6.07 Å². The number of ether oxygens (including phenoxy) is 1. The highest BCUT2D eigenvalue weighted by Gasteiger charge is 2.20. The van der Waals surface area contributed by atoms with Crippen LogP contribution >= 0.6 is 0 Å². The van der Waals surface area contributed by atoms with Gasteiger partial charge in [0, 0.05) is 0 Å². The van der Waals surface area contributed by atoms with E-state index in [-0.39, 0.29) is 11.9 Å². The predicted molar refractivity (Wildman–Crippen MR) is 115 cm³/mol. The van der Waals surface area contributed by atoms with Crippen molar-refractivity contribution in [1.82, 2.24) is 5.32 Å². The van der Waals surface area contributed by atoms with Gasteiger partial charge in [0.2, 0.25) is 0 Å². The second kappa shape index (κ2) is 8.89. The molecular formula is C26H21NO2. The Morgan fingerprint density at radius 1 is 0.621 bits per heavy atom. The zero-order valence-electron chi connectivity index (χ0n) is 15.9. The van der Waals surface area contributed by atoms with Crippen molar-refractivity contribution in [2.45, 2.75) is 6.04 Å². The molecule has 0 bridgehead atoms. The molecule has 0 spiro atoms. The van der Waals surface area contributed by atoms with Crippen molar-refractivity contribution in [3.63, 3.8) is 0 Å². The van der Waals surface area contributed by atoms with E-state index in [2.05, 4.69) is 5.32 Å². The van der Waals surface area contributed by atoms with Crippen LogP contribution in [0.1, 0.15) is 27.5 Å². The van der Waals surface area contributed by atoms with E-state index in [0.717, 1.165) is 11.1 Å². The van der Waals surface area contributed by atoms with Gasteiger partial charge in [-0.3, -0.25) is 4.79 Å². The molecule has 4 aromatic rings. The van der Waals surface area contributed by atoms with Gasteiger partial charge in [-0.2, -0.15) is 0 Å². The molecule has 0 atom stereocenters. The molecule has 29 heavy (non-hydrogen) atoms. The van der Waals surface area contributed by atoms with E-state index in [1.807, 2.05) is 109 Å². The van der Waals surface area contributed by atoms with Gasteiger partial charge >= 0.3 is 0 Å². The molecule has 1 N–H and O–H groups in total. The summed E-state index contributed by atoms with van der Waals surface area (Å²) in [6.07, 6.45) is 0. The first-order valence-corrected chi connectivity index (χ1v) is 9.54. The van der Waals surface area contributed by atoms with Crippen LogP contribution in [0.4, 0.5) is 0 Å². The van der Waals surface area contributed by atoms with E-state index in [1.165, 1.54) is 0 Å². The predicted octanol–water partition coefficient (Wildman–Crippen LogP) is 6.00. The summed E-state index contributed by atoms with van der Waals surface area (Å²) in [7, 11) is 0. The molecule has 0 unspecified atom stereocenters. The zero-order valence-corrected chi connectivity index (χ0v) is 15.9. The van der Waals surface area contributed by atoms with Crippen molar-refractivity contribution in [2.75, 3.05) is 0 Å². The molecule has 0 radical (unpaired) electrons. The Morgan fingerprint density at radius 2 is 1.10 bits per heavy atom. The Labute approximate surface area is 170 Å². The number of hydrogen-bond acceptors (Lipinski definition) is 2. The molecular weight excluding hydrogens is 358 g/mol. The van der Waals surface area contributed by atoms with Crippen molar-refractivity contribution in [3.8, 4) is 11.5 Å². The molecule has 0 saturated heterocycles. The molecule has 0 aromatic heterocycles. The third kappa shape index (κ3) is 4.53. The van der Waals surface area contributed by atoms with Crippen LogP contribution in [0, 0.1) is 0 Å². The maximum atomic E-state index is 13.2. The molecule has 142 valence electrons. The lowest BCUT2D eigenvalue weighted by atomic mass is 9.98. The van der Waals surface area contributed by atoms with Crippen LogP contribution < -0.4 is 10.1 Å². The summed E-state index contributed by atoms with van der Waals surface area (Å²) < 4.78 is 5.96. The Morgan fingerprint density at radius 3 is 1.69 bits per heavy atom. The number of benzene rings is 4. The normalized spacial score (nSPS) is 10.5. The first kappa shape index (κ1) is 18.5. The van der Waals surface area contributed by atoms with Crippen LogP contribution in [0.3, 0.4) is 0 Å². The number of carbonyl (C=O) groups is 1. The van der Waals surface area contributed by atoms with Gasteiger partial charge in [-0.15, -0.1) is 0 Å². The molecule has 4 aromatic carbocycles. The summed E-state index contributed by atoms with van der Waals surface area (Å²) in [6.45, 7) is 0. The number of hydrogen-bond donors (Lipinski definition) is 1. The molecule has 3 nitrogen and oxygen atoms in total. The van der Waals surface area contributed by atoms with Crippen LogP contribution in [0.15, 0.2) is 115 Å². The fourth-order valence-electron chi connectivity index (χ4n) is 3.22. The van der Waals surface area contributed by atoms with Gasteiger partial charge < -0.3 is 10.1 Å². The lowest BCUT2D eigenvalue weighted by molar-refractivity contribution is 0.0940. The van der Waals surface area contributed by atoms with E-state index in [9.17, 15) is 4.79 Å². The molecule has 1 amide bonds. The number of carbonyl (C=O) groups excluding carboxylic acids is 1. The standard InChI is InChI=1S/C26H21NO2/c28-26(23-18-10-11-19-24(23)29-22-16-8-3-9-17-22)27-25(20-12-4-1-5-13-20)21-14-6-2-7-15-21/h1-19,25H,(H,27,28). The average Bonchev–Trinajstić information content (AvgIpc) is 2.79. The molecule has 0 saturated carbocycles. The number of nitrogens with one attached hydrogen (secondary N) is 1. The van der Waals surface area contributed by atoms with Gasteiger partial charge in [-0.05, 0) is 35.4 Å². The summed E-state index contributed by atoms with van der Waals surface area (Å²) in [5.41, 5.74) is 2.54. The summed E-state index contributed by atoms with van der Waals surface area (Å²) in [4.78, 5) is 13.2. The molecule has 3 heteroatoms. The Hall–Kier alpha value is -3.85. The van der Waals surface area contributed by atoms with Gasteiger partial charge in [0.25, 0.3) is 5.91 Å². The smallest absolute Gasteiger partial charge is 0.255 e. The van der Waals surface area contributed by atoms with Crippen LogP contribution in [-0.4, -0.2) is 5.91 Å². The molecule has 0 aliphatic heterocycles. The minimum Gasteiger partial charge on any atom is -0.457 e. The average molecular weight is 379 g/mol. The summed E-state index contributed by atoms with van der Waals surface area (Å²) in [5.74, 6) is 1.03. The summed E-state index contributed by atoms with van der Waals surface area (Å²) >= 11 is 0. The van der Waals surface area contributed by atoms with E-state index >= 15 is 0 Å².